The third-order valence-corrected chi connectivity index (χ3v) is 3.48. The normalized spacial score (nSPS) is 22.4. The number of benzene rings is 1. The van der Waals surface area contributed by atoms with Crippen LogP contribution in [0.25, 0.3) is 0 Å². The molecule has 0 saturated carbocycles. The van der Waals surface area contributed by atoms with E-state index in [1.54, 1.807) is 6.07 Å². The van der Waals surface area contributed by atoms with Crippen LogP contribution in [0.2, 0.25) is 5.02 Å². The van der Waals surface area contributed by atoms with Gasteiger partial charge in [0.25, 0.3) is 0 Å². The van der Waals surface area contributed by atoms with E-state index >= 15 is 0 Å². The van der Waals surface area contributed by atoms with Gasteiger partial charge in [-0.25, -0.2) is 4.39 Å². The number of hydrogen-bond donors (Lipinski definition) is 2. The summed E-state index contributed by atoms with van der Waals surface area (Å²) in [5.74, 6) is -0.302. The Hall–Kier alpha value is -0.640. The standard InChI is InChI=1S/C13H17ClFNO/c14-10-4-5-11(15)9(7-10)8-13(17)12-3-1-2-6-16-12/h4-5,7,12-13,16-17H,1-3,6,8H2. The van der Waals surface area contributed by atoms with Gasteiger partial charge in [-0.15, -0.1) is 0 Å². The highest BCUT2D eigenvalue weighted by Gasteiger charge is 2.22. The molecule has 1 heterocycles. The van der Waals surface area contributed by atoms with Crippen molar-refractivity contribution in [2.75, 3.05) is 6.54 Å². The highest BCUT2D eigenvalue weighted by Crippen LogP contribution is 2.19. The molecule has 2 rings (SSSR count). The second kappa shape index (κ2) is 5.80. The molecule has 1 aromatic rings. The average Bonchev–Trinajstić information content (AvgIpc) is 2.35. The predicted molar refractivity (Wildman–Crippen MR) is 66.8 cm³/mol. The van der Waals surface area contributed by atoms with E-state index in [1.807, 2.05) is 0 Å². The Labute approximate surface area is 106 Å². The fourth-order valence-corrected chi connectivity index (χ4v) is 2.47. The summed E-state index contributed by atoms with van der Waals surface area (Å²) in [6.45, 7) is 0.930. The van der Waals surface area contributed by atoms with Crippen LogP contribution >= 0.6 is 11.6 Å². The molecular formula is C13H17ClFNO. The molecule has 1 fully saturated rings. The van der Waals surface area contributed by atoms with Crippen LogP contribution in [0.5, 0.6) is 0 Å². The van der Waals surface area contributed by atoms with E-state index in [0.29, 0.717) is 17.0 Å². The molecule has 1 aliphatic rings. The SMILES string of the molecule is OC(Cc1cc(Cl)ccc1F)C1CCCCN1. The Kier molecular flexibility index (Phi) is 4.37. The van der Waals surface area contributed by atoms with Gasteiger partial charge < -0.3 is 10.4 Å². The van der Waals surface area contributed by atoms with Crippen molar-refractivity contribution in [3.63, 3.8) is 0 Å². The molecule has 1 aliphatic heterocycles. The van der Waals surface area contributed by atoms with Gasteiger partial charge in [-0.1, -0.05) is 18.0 Å². The van der Waals surface area contributed by atoms with E-state index in [4.69, 9.17) is 11.6 Å². The first-order valence-corrected chi connectivity index (χ1v) is 6.40. The fraction of sp³-hybridized carbons (Fsp3) is 0.538. The third kappa shape index (κ3) is 3.41. The van der Waals surface area contributed by atoms with Crippen LogP contribution in [-0.2, 0) is 6.42 Å². The molecule has 4 heteroatoms. The van der Waals surface area contributed by atoms with E-state index in [9.17, 15) is 9.50 Å². The highest BCUT2D eigenvalue weighted by atomic mass is 35.5. The molecule has 2 atom stereocenters. The Morgan fingerprint density at radius 1 is 1.47 bits per heavy atom. The Balaban J connectivity index is 2.01. The van der Waals surface area contributed by atoms with Crippen molar-refractivity contribution in [1.82, 2.24) is 5.32 Å². The second-order valence-corrected chi connectivity index (χ2v) is 5.00. The van der Waals surface area contributed by atoms with Crippen molar-refractivity contribution >= 4 is 11.6 Å². The molecule has 0 amide bonds. The van der Waals surface area contributed by atoms with Gasteiger partial charge in [0.15, 0.2) is 0 Å². The summed E-state index contributed by atoms with van der Waals surface area (Å²) in [4.78, 5) is 0. The van der Waals surface area contributed by atoms with Crippen LogP contribution in [0.3, 0.4) is 0 Å². The number of hydrogen-bond acceptors (Lipinski definition) is 2. The van der Waals surface area contributed by atoms with Crippen molar-refractivity contribution in [2.45, 2.75) is 37.8 Å². The van der Waals surface area contributed by atoms with Crippen molar-refractivity contribution in [3.8, 4) is 0 Å². The zero-order chi connectivity index (χ0) is 12.3. The van der Waals surface area contributed by atoms with Gasteiger partial charge in [-0.3, -0.25) is 0 Å². The molecule has 2 unspecified atom stereocenters. The smallest absolute Gasteiger partial charge is 0.126 e. The van der Waals surface area contributed by atoms with Crippen molar-refractivity contribution < 1.29 is 9.50 Å². The second-order valence-electron chi connectivity index (χ2n) is 4.56. The van der Waals surface area contributed by atoms with Gasteiger partial charge >= 0.3 is 0 Å². The highest BCUT2D eigenvalue weighted by molar-refractivity contribution is 6.30. The van der Waals surface area contributed by atoms with Gasteiger partial charge in [0.05, 0.1) is 6.10 Å². The van der Waals surface area contributed by atoms with E-state index in [0.717, 1.165) is 25.8 Å². The Morgan fingerprint density at radius 2 is 2.29 bits per heavy atom. The summed E-state index contributed by atoms with van der Waals surface area (Å²) >= 11 is 5.82. The predicted octanol–water partition coefficient (Wildman–Crippen LogP) is 2.52. The lowest BCUT2D eigenvalue weighted by Gasteiger charge is -2.28. The molecule has 0 aliphatic carbocycles. The van der Waals surface area contributed by atoms with Crippen LogP contribution in [-0.4, -0.2) is 23.8 Å². The van der Waals surface area contributed by atoms with Gasteiger partial charge in [0.1, 0.15) is 5.82 Å². The van der Waals surface area contributed by atoms with Crippen LogP contribution in [0, 0.1) is 5.82 Å². The van der Waals surface area contributed by atoms with Crippen LogP contribution in [0.15, 0.2) is 18.2 Å². The molecule has 2 N–H and O–H groups in total. The van der Waals surface area contributed by atoms with Gasteiger partial charge in [0.2, 0.25) is 0 Å². The summed E-state index contributed by atoms with van der Waals surface area (Å²) in [7, 11) is 0. The Bertz CT molecular complexity index is 380. The lowest BCUT2D eigenvalue weighted by atomic mass is 9.95. The minimum absolute atomic E-state index is 0.0714. The maximum atomic E-state index is 13.5. The van der Waals surface area contributed by atoms with Crippen LogP contribution in [0.1, 0.15) is 24.8 Å². The summed E-state index contributed by atoms with van der Waals surface area (Å²) in [5.41, 5.74) is 0.484. The molecule has 17 heavy (non-hydrogen) atoms. The van der Waals surface area contributed by atoms with Crippen LogP contribution < -0.4 is 5.32 Å². The summed E-state index contributed by atoms with van der Waals surface area (Å²) in [5, 5.41) is 13.8. The number of piperidine rings is 1. The summed E-state index contributed by atoms with van der Waals surface area (Å²) in [6.07, 6.45) is 2.97. The van der Waals surface area contributed by atoms with Gasteiger partial charge in [0, 0.05) is 17.5 Å². The Morgan fingerprint density at radius 3 is 3.00 bits per heavy atom. The zero-order valence-electron chi connectivity index (χ0n) is 9.63. The summed E-state index contributed by atoms with van der Waals surface area (Å²) < 4.78 is 13.5. The number of aliphatic hydroxyl groups excluding tert-OH is 1. The van der Waals surface area contributed by atoms with Gasteiger partial charge in [-0.05, 0) is 43.1 Å². The molecule has 0 aromatic heterocycles. The molecular weight excluding hydrogens is 241 g/mol. The quantitative estimate of drug-likeness (QED) is 0.872. The molecule has 94 valence electrons. The molecule has 0 bridgehead atoms. The number of nitrogens with one attached hydrogen (secondary N) is 1. The monoisotopic (exact) mass is 257 g/mol. The van der Waals surface area contributed by atoms with Crippen LogP contribution in [0.4, 0.5) is 4.39 Å². The number of rotatable bonds is 3. The first kappa shape index (κ1) is 12.8. The van der Waals surface area contributed by atoms with Crippen molar-refractivity contribution in [3.05, 3.63) is 34.6 Å². The minimum atomic E-state index is -0.553. The topological polar surface area (TPSA) is 32.3 Å². The molecule has 2 nitrogen and oxygen atoms in total. The molecule has 0 radical (unpaired) electrons. The van der Waals surface area contributed by atoms with Crippen molar-refractivity contribution in [2.24, 2.45) is 0 Å². The molecule has 1 saturated heterocycles. The average molecular weight is 258 g/mol. The number of halogens is 2. The zero-order valence-corrected chi connectivity index (χ0v) is 10.4. The maximum absolute atomic E-state index is 13.5. The lowest BCUT2D eigenvalue weighted by Crippen LogP contribution is -2.44. The summed E-state index contributed by atoms with van der Waals surface area (Å²) in [6, 6.07) is 4.52. The fourth-order valence-electron chi connectivity index (χ4n) is 2.27. The van der Waals surface area contributed by atoms with Crippen molar-refractivity contribution in [1.29, 1.82) is 0 Å². The lowest BCUT2D eigenvalue weighted by molar-refractivity contribution is 0.112. The van der Waals surface area contributed by atoms with Gasteiger partial charge in [-0.2, -0.15) is 0 Å². The molecule has 0 spiro atoms. The minimum Gasteiger partial charge on any atom is -0.391 e. The maximum Gasteiger partial charge on any atom is 0.126 e. The first-order chi connectivity index (χ1) is 8.16. The van der Waals surface area contributed by atoms with E-state index in [1.165, 1.54) is 12.1 Å². The molecule has 1 aromatic carbocycles. The third-order valence-electron chi connectivity index (χ3n) is 3.25. The first-order valence-electron chi connectivity index (χ1n) is 6.02. The number of aliphatic hydroxyl groups is 1. The largest absolute Gasteiger partial charge is 0.391 e. The van der Waals surface area contributed by atoms with E-state index in [-0.39, 0.29) is 11.9 Å². The van der Waals surface area contributed by atoms with E-state index in [2.05, 4.69) is 5.32 Å². The van der Waals surface area contributed by atoms with E-state index < -0.39 is 6.10 Å².